The van der Waals surface area contributed by atoms with Crippen molar-refractivity contribution in [3.8, 4) is 0 Å². The molecule has 0 aromatic heterocycles. The molecule has 0 amide bonds. The zero-order chi connectivity index (χ0) is 22.8. The van der Waals surface area contributed by atoms with Crippen molar-refractivity contribution in [1.29, 1.82) is 0 Å². The monoisotopic (exact) mass is 426 g/mol. The summed E-state index contributed by atoms with van der Waals surface area (Å²) in [5.41, 5.74) is 0. The van der Waals surface area contributed by atoms with Crippen LogP contribution in [0.2, 0.25) is 0 Å². The van der Waals surface area contributed by atoms with Crippen molar-refractivity contribution in [3.63, 3.8) is 0 Å². The van der Waals surface area contributed by atoms with Crippen LogP contribution in [0.5, 0.6) is 0 Å². The molecule has 0 aromatic rings. The van der Waals surface area contributed by atoms with Crippen LogP contribution in [-0.4, -0.2) is 60.4 Å². The van der Waals surface area contributed by atoms with Crippen LogP contribution >= 0.6 is 0 Å². The van der Waals surface area contributed by atoms with Gasteiger partial charge in [-0.3, -0.25) is 19.2 Å². The number of esters is 5. The van der Waals surface area contributed by atoms with Gasteiger partial charge in [-0.05, 0) is 19.1 Å². The molecule has 0 radical (unpaired) electrons. The van der Waals surface area contributed by atoms with E-state index in [-0.39, 0.29) is 0 Å². The van der Waals surface area contributed by atoms with E-state index >= 15 is 0 Å². The minimum Gasteiger partial charge on any atom is -0.459 e. The molecule has 0 unspecified atom stereocenters. The molecule has 1 rings (SSSR count). The predicted octanol–water partition coefficient (Wildman–Crippen LogP) is 1.16. The summed E-state index contributed by atoms with van der Waals surface area (Å²) < 4.78 is 26.0. The Morgan fingerprint density at radius 3 is 1.97 bits per heavy atom. The van der Waals surface area contributed by atoms with Crippen LogP contribution in [0, 0.1) is 0 Å². The van der Waals surface area contributed by atoms with Gasteiger partial charge in [0.2, 0.25) is 0 Å². The van der Waals surface area contributed by atoms with Crippen LogP contribution < -0.4 is 0 Å². The third-order valence-corrected chi connectivity index (χ3v) is 3.77. The van der Waals surface area contributed by atoms with Gasteiger partial charge in [-0.15, -0.1) is 0 Å². The minimum absolute atomic E-state index is 0.393. The summed E-state index contributed by atoms with van der Waals surface area (Å²) in [5.74, 6) is -3.36. The fourth-order valence-corrected chi connectivity index (χ4v) is 2.76. The fraction of sp³-hybridized carbons (Fsp3) is 0.550. The molecule has 0 saturated heterocycles. The summed E-state index contributed by atoms with van der Waals surface area (Å²) in [6.45, 7) is 6.00. The van der Waals surface area contributed by atoms with Gasteiger partial charge in [-0.25, -0.2) is 4.79 Å². The van der Waals surface area contributed by atoms with E-state index in [2.05, 4.69) is 0 Å². The molecule has 30 heavy (non-hydrogen) atoms. The molecular formula is C20H26O10. The Morgan fingerprint density at radius 2 is 1.47 bits per heavy atom. The van der Waals surface area contributed by atoms with Gasteiger partial charge in [0, 0.05) is 40.2 Å². The molecule has 0 spiro atoms. The molecule has 0 bridgehead atoms. The third kappa shape index (κ3) is 8.89. The molecule has 0 aromatic carbocycles. The average molecular weight is 426 g/mol. The first-order valence-electron chi connectivity index (χ1n) is 9.24. The molecule has 10 heteroatoms. The van der Waals surface area contributed by atoms with Gasteiger partial charge in [0.15, 0.2) is 18.3 Å². The first kappa shape index (κ1) is 24.9. The summed E-state index contributed by atoms with van der Waals surface area (Å²) in [6, 6.07) is 0. The number of ether oxygens (including phenoxy) is 5. The highest BCUT2D eigenvalue weighted by atomic mass is 16.6. The summed E-state index contributed by atoms with van der Waals surface area (Å²) >= 11 is 0. The van der Waals surface area contributed by atoms with E-state index < -0.39 is 60.4 Å². The van der Waals surface area contributed by atoms with Crippen molar-refractivity contribution in [1.82, 2.24) is 0 Å². The topological polar surface area (TPSA) is 132 Å². The van der Waals surface area contributed by atoms with E-state index in [0.717, 1.165) is 27.7 Å². The lowest BCUT2D eigenvalue weighted by molar-refractivity contribution is -0.193. The van der Waals surface area contributed by atoms with Crippen LogP contribution in [0.25, 0.3) is 0 Å². The van der Waals surface area contributed by atoms with E-state index in [1.54, 1.807) is 6.08 Å². The molecule has 1 aliphatic rings. The third-order valence-electron chi connectivity index (χ3n) is 3.77. The normalized spacial score (nSPS) is 19.8. The smallest absolute Gasteiger partial charge is 0.331 e. The highest BCUT2D eigenvalue weighted by molar-refractivity contribution is 5.83. The number of rotatable bonds is 9. The maximum atomic E-state index is 11.7. The predicted molar refractivity (Wildman–Crippen MR) is 101 cm³/mol. The Kier molecular flexibility index (Phi) is 9.73. The van der Waals surface area contributed by atoms with E-state index in [9.17, 15) is 24.0 Å². The molecular weight excluding hydrogens is 400 g/mol. The zero-order valence-corrected chi connectivity index (χ0v) is 17.5. The first-order chi connectivity index (χ1) is 14.0. The molecule has 0 fully saturated rings. The van der Waals surface area contributed by atoms with Crippen LogP contribution in [-0.2, 0) is 47.7 Å². The van der Waals surface area contributed by atoms with Gasteiger partial charge in [0.05, 0.1) is 0 Å². The molecule has 10 nitrogen and oxygen atoms in total. The molecule has 5 atom stereocenters. The highest BCUT2D eigenvalue weighted by Gasteiger charge is 2.40. The van der Waals surface area contributed by atoms with Crippen molar-refractivity contribution in [2.45, 2.75) is 71.6 Å². The molecule has 0 aliphatic carbocycles. The van der Waals surface area contributed by atoms with E-state index in [1.807, 2.05) is 0 Å². The molecule has 166 valence electrons. The lowest BCUT2D eigenvalue weighted by atomic mass is 10.0. The zero-order valence-electron chi connectivity index (χ0n) is 17.5. The van der Waals surface area contributed by atoms with E-state index in [0.29, 0.717) is 6.42 Å². The van der Waals surface area contributed by atoms with Gasteiger partial charge in [-0.2, -0.15) is 0 Å². The van der Waals surface area contributed by atoms with Crippen LogP contribution in [0.4, 0.5) is 0 Å². The quantitative estimate of drug-likeness (QED) is 0.300. The van der Waals surface area contributed by atoms with Crippen molar-refractivity contribution < 1.29 is 47.7 Å². The Labute approximate surface area is 174 Å². The number of hydrogen-bond acceptors (Lipinski definition) is 10. The van der Waals surface area contributed by atoms with Gasteiger partial charge in [0.25, 0.3) is 0 Å². The number of cyclic esters (lactones) is 1. The van der Waals surface area contributed by atoms with Crippen LogP contribution in [0.1, 0.15) is 41.0 Å². The van der Waals surface area contributed by atoms with Crippen molar-refractivity contribution >= 4 is 29.8 Å². The van der Waals surface area contributed by atoms with Crippen molar-refractivity contribution in [2.75, 3.05) is 0 Å². The van der Waals surface area contributed by atoms with Crippen LogP contribution in [0.15, 0.2) is 24.3 Å². The molecule has 1 aliphatic heterocycles. The Morgan fingerprint density at radius 1 is 0.933 bits per heavy atom. The Bertz CT molecular complexity index is 723. The number of carbonyl (C=O) groups is 5. The largest absolute Gasteiger partial charge is 0.459 e. The summed E-state index contributed by atoms with van der Waals surface area (Å²) in [6.07, 6.45) is 0.629. The Hall–Kier alpha value is -3.17. The van der Waals surface area contributed by atoms with E-state index in [4.69, 9.17) is 23.7 Å². The number of carbonyl (C=O) groups excluding carboxylic acids is 5. The average Bonchev–Trinajstić information content (AvgIpc) is 2.60. The molecule has 0 N–H and O–H groups in total. The lowest BCUT2D eigenvalue weighted by Gasteiger charge is -2.33. The van der Waals surface area contributed by atoms with Gasteiger partial charge >= 0.3 is 29.8 Å². The van der Waals surface area contributed by atoms with Gasteiger partial charge in [0.1, 0.15) is 12.2 Å². The summed E-state index contributed by atoms with van der Waals surface area (Å²) in [5, 5.41) is 0. The first-order valence-corrected chi connectivity index (χ1v) is 9.24. The van der Waals surface area contributed by atoms with Crippen molar-refractivity contribution in [3.05, 3.63) is 24.3 Å². The Balaban J connectivity index is 3.26. The lowest BCUT2D eigenvalue weighted by Crippen LogP contribution is -2.50. The second-order valence-electron chi connectivity index (χ2n) is 6.54. The SMILES string of the molecule is CC(=O)O[C@H]([C@H](OC(C)=O)[C@@H](/C=C\[C@H]1CC=CC(=O)O1)OC(C)=O)[C@H](C)OC(C)=O. The van der Waals surface area contributed by atoms with E-state index in [1.165, 1.54) is 25.2 Å². The summed E-state index contributed by atoms with van der Waals surface area (Å²) in [4.78, 5) is 57.8. The van der Waals surface area contributed by atoms with Crippen LogP contribution in [0.3, 0.4) is 0 Å². The maximum absolute atomic E-state index is 11.7. The molecule has 1 heterocycles. The number of hydrogen-bond donors (Lipinski definition) is 0. The summed E-state index contributed by atoms with van der Waals surface area (Å²) in [7, 11) is 0. The highest BCUT2D eigenvalue weighted by Crippen LogP contribution is 2.21. The standard InChI is InChI=1S/C20H26O10/c1-11(26-12(2)21)19(28-14(4)23)20(29-15(5)24)17(27-13(3)22)10-9-16-7-6-8-18(25)30-16/h6,8-11,16-17,19-20H,7H2,1-5H3/b10-9-/t11-,16+,17+,19-,20+/m0/s1. The van der Waals surface area contributed by atoms with Gasteiger partial charge < -0.3 is 23.7 Å². The molecule has 0 saturated carbocycles. The fourth-order valence-electron chi connectivity index (χ4n) is 2.76. The second-order valence-corrected chi connectivity index (χ2v) is 6.54. The maximum Gasteiger partial charge on any atom is 0.331 e. The second kappa shape index (κ2) is 11.7. The minimum atomic E-state index is -1.34. The van der Waals surface area contributed by atoms with Gasteiger partial charge in [-0.1, -0.05) is 6.08 Å². The van der Waals surface area contributed by atoms with Crippen molar-refractivity contribution in [2.24, 2.45) is 0 Å².